The summed E-state index contributed by atoms with van der Waals surface area (Å²) >= 11 is 0. The summed E-state index contributed by atoms with van der Waals surface area (Å²) in [5.74, 6) is 1.27. The Hall–Kier alpha value is -0.850. The molecule has 0 radical (unpaired) electrons. The molecule has 0 bridgehead atoms. The van der Waals surface area contributed by atoms with Crippen LogP contribution in [0.5, 0.6) is 0 Å². The molecule has 1 aromatic carbocycles. The van der Waals surface area contributed by atoms with Crippen molar-refractivity contribution >= 4 is 36.4 Å². The van der Waals surface area contributed by atoms with Gasteiger partial charge in [-0.2, -0.15) is 0 Å². The number of nitrogens with zero attached hydrogens (tertiary/aromatic N) is 1. The fourth-order valence-electron chi connectivity index (χ4n) is 5.08. The number of anilines is 1. The highest BCUT2D eigenvalue weighted by Gasteiger charge is 2.38. The Kier molecular flexibility index (Phi) is 9.70. The summed E-state index contributed by atoms with van der Waals surface area (Å²) in [5, 5.41) is 16.0. The molecule has 1 aromatic rings. The van der Waals surface area contributed by atoms with Crippen molar-refractivity contribution in [2.24, 2.45) is 11.8 Å². The molecule has 2 aliphatic heterocycles. The zero-order valence-corrected chi connectivity index (χ0v) is 18.6. The van der Waals surface area contributed by atoms with Crippen LogP contribution in [-0.2, 0) is 11.3 Å². The maximum atomic E-state index is 12.7. The number of carbonyl (C=O) groups excluding carboxylic acids is 1. The molecule has 3 fully saturated rings. The van der Waals surface area contributed by atoms with E-state index in [2.05, 4.69) is 27.7 Å². The van der Waals surface area contributed by atoms with Gasteiger partial charge >= 0.3 is 0 Å². The van der Waals surface area contributed by atoms with Crippen molar-refractivity contribution in [3.63, 3.8) is 0 Å². The molecule has 0 aromatic heterocycles. The smallest absolute Gasteiger partial charge is 0.241 e. The molecule has 5 nitrogen and oxygen atoms in total. The van der Waals surface area contributed by atoms with Gasteiger partial charge in [-0.05, 0) is 74.7 Å². The first-order valence-electron chi connectivity index (χ1n) is 10.7. The fourth-order valence-corrected chi connectivity index (χ4v) is 5.08. The average molecular weight is 444 g/mol. The molecule has 7 heteroatoms. The summed E-state index contributed by atoms with van der Waals surface area (Å²) < 4.78 is 0. The van der Waals surface area contributed by atoms with Crippen LogP contribution < -0.4 is 10.6 Å². The molecule has 0 spiro atoms. The molecular formula is C22H35Cl2N3O2. The number of aliphatic hydroxyl groups is 1. The highest BCUT2D eigenvalue weighted by atomic mass is 35.5. The second-order valence-corrected chi connectivity index (χ2v) is 8.70. The van der Waals surface area contributed by atoms with Crippen molar-refractivity contribution in [3.8, 4) is 0 Å². The van der Waals surface area contributed by atoms with Crippen LogP contribution >= 0.6 is 24.8 Å². The lowest BCUT2D eigenvalue weighted by atomic mass is 9.85. The van der Waals surface area contributed by atoms with Gasteiger partial charge in [-0.1, -0.05) is 25.0 Å². The van der Waals surface area contributed by atoms with Crippen LogP contribution in [0.2, 0.25) is 0 Å². The van der Waals surface area contributed by atoms with Gasteiger partial charge in [0.25, 0.3) is 0 Å². The third-order valence-electron chi connectivity index (χ3n) is 6.75. The van der Waals surface area contributed by atoms with Crippen LogP contribution in [0.15, 0.2) is 24.3 Å². The fraction of sp³-hybridized carbons (Fsp3) is 0.682. The van der Waals surface area contributed by atoms with Gasteiger partial charge in [0.1, 0.15) is 0 Å². The quantitative estimate of drug-likeness (QED) is 0.650. The number of likely N-dealkylation sites (tertiary alicyclic amines) is 1. The van der Waals surface area contributed by atoms with E-state index in [1.54, 1.807) is 0 Å². The Morgan fingerprint density at radius 2 is 1.90 bits per heavy atom. The van der Waals surface area contributed by atoms with Crippen LogP contribution in [0.1, 0.15) is 50.5 Å². The SMILES string of the molecule is Cl.Cl.O=C(Nc1cccc(CN2CCC(CO)CC2)c1)C1CC2CCCCC2N1. The number of aliphatic hydroxyl groups excluding tert-OH is 1. The molecular weight excluding hydrogens is 409 g/mol. The van der Waals surface area contributed by atoms with E-state index in [4.69, 9.17) is 0 Å². The van der Waals surface area contributed by atoms with Crippen LogP contribution in [0, 0.1) is 11.8 Å². The largest absolute Gasteiger partial charge is 0.396 e. The highest BCUT2D eigenvalue weighted by molar-refractivity contribution is 5.95. The van der Waals surface area contributed by atoms with E-state index in [-0.39, 0.29) is 36.8 Å². The van der Waals surface area contributed by atoms with Crippen LogP contribution in [0.25, 0.3) is 0 Å². The molecule has 3 aliphatic rings. The number of benzene rings is 1. The summed E-state index contributed by atoms with van der Waals surface area (Å²) in [6.07, 6.45) is 8.22. The van der Waals surface area contributed by atoms with E-state index in [1.807, 2.05) is 12.1 Å². The summed E-state index contributed by atoms with van der Waals surface area (Å²) in [6.45, 7) is 3.30. The Bertz CT molecular complexity index is 639. The number of rotatable bonds is 5. The van der Waals surface area contributed by atoms with Gasteiger partial charge in [0.05, 0.1) is 6.04 Å². The first-order valence-corrected chi connectivity index (χ1v) is 10.7. The Labute approximate surface area is 186 Å². The summed E-state index contributed by atoms with van der Waals surface area (Å²) in [4.78, 5) is 15.2. The van der Waals surface area contributed by atoms with E-state index in [1.165, 1.54) is 31.2 Å². The van der Waals surface area contributed by atoms with Gasteiger partial charge in [0, 0.05) is 24.9 Å². The zero-order valence-electron chi connectivity index (χ0n) is 17.0. The van der Waals surface area contributed by atoms with E-state index in [9.17, 15) is 9.90 Å². The highest BCUT2D eigenvalue weighted by Crippen LogP contribution is 2.33. The van der Waals surface area contributed by atoms with E-state index >= 15 is 0 Å². The Morgan fingerprint density at radius 3 is 2.62 bits per heavy atom. The monoisotopic (exact) mass is 443 g/mol. The van der Waals surface area contributed by atoms with Gasteiger partial charge in [0.15, 0.2) is 0 Å². The summed E-state index contributed by atoms with van der Waals surface area (Å²) in [7, 11) is 0. The Morgan fingerprint density at radius 1 is 1.14 bits per heavy atom. The molecule has 3 atom stereocenters. The second-order valence-electron chi connectivity index (χ2n) is 8.70. The number of halogens is 2. The number of carbonyl (C=O) groups is 1. The van der Waals surface area contributed by atoms with E-state index < -0.39 is 0 Å². The third kappa shape index (κ3) is 6.31. The van der Waals surface area contributed by atoms with E-state index in [0.717, 1.165) is 44.6 Å². The third-order valence-corrected chi connectivity index (χ3v) is 6.75. The number of fused-ring (bicyclic) bond motifs is 1. The second kappa shape index (κ2) is 11.5. The van der Waals surface area contributed by atoms with Crippen molar-refractivity contribution < 1.29 is 9.90 Å². The lowest BCUT2D eigenvalue weighted by molar-refractivity contribution is -0.117. The van der Waals surface area contributed by atoms with Crippen molar-refractivity contribution in [2.45, 2.75) is 63.6 Å². The number of hydrogen-bond acceptors (Lipinski definition) is 4. The lowest BCUT2D eigenvalue weighted by Gasteiger charge is -2.31. The van der Waals surface area contributed by atoms with Crippen LogP contribution in [-0.4, -0.2) is 47.7 Å². The minimum Gasteiger partial charge on any atom is -0.396 e. The molecule has 2 saturated heterocycles. The number of hydrogen-bond donors (Lipinski definition) is 3. The molecule has 3 N–H and O–H groups in total. The first kappa shape index (κ1) is 24.4. The van der Waals surface area contributed by atoms with Crippen LogP contribution in [0.4, 0.5) is 5.69 Å². The molecule has 4 rings (SSSR count). The molecule has 3 unspecified atom stereocenters. The number of nitrogens with one attached hydrogen (secondary N) is 2. The van der Waals surface area contributed by atoms with Crippen molar-refractivity contribution in [3.05, 3.63) is 29.8 Å². The molecule has 2 heterocycles. The number of piperidine rings is 1. The van der Waals surface area contributed by atoms with Gasteiger partial charge in [-0.3, -0.25) is 9.69 Å². The molecule has 1 aliphatic carbocycles. The van der Waals surface area contributed by atoms with Crippen molar-refractivity contribution in [1.82, 2.24) is 10.2 Å². The average Bonchev–Trinajstić information content (AvgIpc) is 3.13. The molecule has 1 amide bonds. The van der Waals surface area contributed by atoms with Gasteiger partial charge in [0.2, 0.25) is 5.91 Å². The zero-order chi connectivity index (χ0) is 18.6. The predicted molar refractivity (Wildman–Crippen MR) is 122 cm³/mol. The van der Waals surface area contributed by atoms with Gasteiger partial charge < -0.3 is 15.7 Å². The van der Waals surface area contributed by atoms with Gasteiger partial charge in [-0.15, -0.1) is 24.8 Å². The molecule has 1 saturated carbocycles. The maximum Gasteiger partial charge on any atom is 0.241 e. The van der Waals surface area contributed by atoms with E-state index in [0.29, 0.717) is 24.5 Å². The minimum atomic E-state index is -0.0423. The first-order chi connectivity index (χ1) is 13.2. The Balaban J connectivity index is 0.00000150. The van der Waals surface area contributed by atoms with Crippen LogP contribution in [0.3, 0.4) is 0 Å². The summed E-state index contributed by atoms with van der Waals surface area (Å²) in [5.41, 5.74) is 2.14. The number of amides is 1. The topological polar surface area (TPSA) is 64.6 Å². The normalized spacial score (nSPS) is 27.4. The summed E-state index contributed by atoms with van der Waals surface area (Å²) in [6, 6.07) is 8.77. The van der Waals surface area contributed by atoms with Crippen molar-refractivity contribution in [2.75, 3.05) is 25.0 Å². The standard InChI is InChI=1S/C22H33N3O2.2ClH/c26-15-16-8-10-25(11-9-16)14-17-4-3-6-19(12-17)23-22(27)21-13-18-5-1-2-7-20(18)24-21;;/h3-4,6,12,16,18,20-21,24,26H,1-2,5,7-11,13-15H2,(H,23,27);2*1H. The maximum absolute atomic E-state index is 12.7. The molecule has 164 valence electrons. The van der Waals surface area contributed by atoms with Crippen molar-refractivity contribution in [1.29, 1.82) is 0 Å². The van der Waals surface area contributed by atoms with Gasteiger partial charge in [-0.25, -0.2) is 0 Å². The predicted octanol–water partition coefficient (Wildman–Crippen LogP) is 3.59. The molecule has 29 heavy (non-hydrogen) atoms. The minimum absolute atomic E-state index is 0. The lowest BCUT2D eigenvalue weighted by Crippen LogP contribution is -2.39.